The fourth-order valence-electron chi connectivity index (χ4n) is 1.76. The van der Waals surface area contributed by atoms with E-state index in [-0.39, 0.29) is 6.04 Å². The van der Waals surface area contributed by atoms with Crippen LogP contribution in [0.4, 0.5) is 0 Å². The summed E-state index contributed by atoms with van der Waals surface area (Å²) in [5.41, 5.74) is 0. The molecule has 0 spiro atoms. The van der Waals surface area contributed by atoms with Gasteiger partial charge in [0.05, 0.1) is 12.1 Å². The highest BCUT2D eigenvalue weighted by Crippen LogP contribution is 2.10. The average molecular weight is 204 g/mol. The van der Waals surface area contributed by atoms with E-state index in [0.29, 0.717) is 0 Å². The molecule has 86 valence electrons. The van der Waals surface area contributed by atoms with Crippen molar-refractivity contribution in [3.8, 4) is 0 Å². The van der Waals surface area contributed by atoms with Gasteiger partial charge >= 0.3 is 0 Å². The Morgan fingerprint density at radius 3 is 1.71 bits per heavy atom. The normalized spacial score (nSPS) is 18.6. The Morgan fingerprint density at radius 2 is 1.50 bits per heavy atom. The summed E-state index contributed by atoms with van der Waals surface area (Å²) >= 11 is 0. The monoisotopic (exact) mass is 204 g/mol. The predicted molar refractivity (Wildman–Crippen MR) is 58.1 cm³/mol. The van der Waals surface area contributed by atoms with Crippen molar-refractivity contribution in [2.75, 3.05) is 27.2 Å². The first-order valence-electron chi connectivity index (χ1n) is 5.22. The van der Waals surface area contributed by atoms with Crippen molar-refractivity contribution in [2.45, 2.75) is 39.1 Å². The fourth-order valence-corrected chi connectivity index (χ4v) is 1.76. The first kappa shape index (κ1) is 13.8. The Bertz CT molecular complexity index is 139. The van der Waals surface area contributed by atoms with Crippen LogP contribution in [-0.2, 0) is 0 Å². The summed E-state index contributed by atoms with van der Waals surface area (Å²) in [5, 5.41) is 19.6. The van der Waals surface area contributed by atoms with Gasteiger partial charge in [0.25, 0.3) is 0 Å². The third-order valence-electron chi connectivity index (χ3n) is 2.58. The van der Waals surface area contributed by atoms with E-state index in [9.17, 15) is 10.2 Å². The van der Waals surface area contributed by atoms with Crippen LogP contribution in [0.1, 0.15) is 20.8 Å². The molecule has 4 nitrogen and oxygen atoms in total. The zero-order chi connectivity index (χ0) is 11.3. The Morgan fingerprint density at radius 1 is 1.07 bits per heavy atom. The molecule has 0 aromatic heterocycles. The van der Waals surface area contributed by atoms with E-state index in [2.05, 4.69) is 0 Å². The first-order valence-corrected chi connectivity index (χ1v) is 5.22. The number of nitrogens with zero attached hydrogens (tertiary/aromatic N) is 2. The van der Waals surface area contributed by atoms with Gasteiger partial charge in [-0.2, -0.15) is 0 Å². The number of likely N-dealkylation sites (N-methyl/N-ethyl adjacent to an activating group) is 2. The van der Waals surface area contributed by atoms with Gasteiger partial charge in [0, 0.05) is 0 Å². The second-order valence-electron chi connectivity index (χ2n) is 3.83. The van der Waals surface area contributed by atoms with E-state index in [1.807, 2.05) is 37.7 Å². The smallest absolute Gasteiger partial charge is 0.125 e. The van der Waals surface area contributed by atoms with Crippen LogP contribution >= 0.6 is 0 Å². The lowest BCUT2D eigenvalue weighted by molar-refractivity contribution is -0.0819. The molecule has 0 amide bonds. The molecular formula is C10H24N2O2. The van der Waals surface area contributed by atoms with Crippen LogP contribution in [0.15, 0.2) is 0 Å². The molecule has 0 aromatic rings. The van der Waals surface area contributed by atoms with Gasteiger partial charge < -0.3 is 15.1 Å². The molecule has 14 heavy (non-hydrogen) atoms. The van der Waals surface area contributed by atoms with Crippen LogP contribution < -0.4 is 0 Å². The number of hydrogen-bond donors (Lipinski definition) is 2. The second-order valence-corrected chi connectivity index (χ2v) is 3.83. The van der Waals surface area contributed by atoms with Crippen molar-refractivity contribution < 1.29 is 10.2 Å². The lowest BCUT2D eigenvalue weighted by Gasteiger charge is -2.37. The van der Waals surface area contributed by atoms with Gasteiger partial charge in [-0.05, 0) is 34.1 Å². The molecule has 0 aromatic carbocycles. The molecule has 0 bridgehead atoms. The van der Waals surface area contributed by atoms with Crippen LogP contribution in [0, 0.1) is 0 Å². The van der Waals surface area contributed by atoms with Crippen molar-refractivity contribution in [3.63, 3.8) is 0 Å². The van der Waals surface area contributed by atoms with E-state index in [4.69, 9.17) is 0 Å². The summed E-state index contributed by atoms with van der Waals surface area (Å²) in [7, 11) is 3.73. The van der Waals surface area contributed by atoms with Gasteiger partial charge in [-0.15, -0.1) is 0 Å². The van der Waals surface area contributed by atoms with E-state index < -0.39 is 12.3 Å². The average Bonchev–Trinajstić information content (AvgIpc) is 2.04. The summed E-state index contributed by atoms with van der Waals surface area (Å²) in [4.78, 5) is 3.78. The Labute approximate surface area is 87.1 Å². The molecule has 0 saturated heterocycles. The van der Waals surface area contributed by atoms with Crippen molar-refractivity contribution in [1.82, 2.24) is 9.80 Å². The lowest BCUT2D eigenvalue weighted by Crippen LogP contribution is -2.54. The van der Waals surface area contributed by atoms with Crippen LogP contribution in [0.25, 0.3) is 0 Å². The minimum atomic E-state index is -0.611. The topological polar surface area (TPSA) is 46.9 Å². The Kier molecular flexibility index (Phi) is 6.27. The minimum Gasteiger partial charge on any atom is -0.392 e. The van der Waals surface area contributed by atoms with Gasteiger partial charge in [-0.25, -0.2) is 0 Å². The maximum Gasteiger partial charge on any atom is 0.125 e. The molecule has 0 rings (SSSR count). The minimum absolute atomic E-state index is 0.241. The summed E-state index contributed by atoms with van der Waals surface area (Å²) in [5.74, 6) is 0. The van der Waals surface area contributed by atoms with Crippen LogP contribution in [0.3, 0.4) is 0 Å². The van der Waals surface area contributed by atoms with Gasteiger partial charge in [0.15, 0.2) is 0 Å². The molecule has 0 aliphatic carbocycles. The molecule has 0 saturated carbocycles. The van der Waals surface area contributed by atoms with Gasteiger partial charge in [0.2, 0.25) is 0 Å². The van der Waals surface area contributed by atoms with Crippen molar-refractivity contribution in [3.05, 3.63) is 0 Å². The van der Waals surface area contributed by atoms with Crippen molar-refractivity contribution >= 4 is 0 Å². The third kappa shape index (κ3) is 3.53. The van der Waals surface area contributed by atoms with Gasteiger partial charge in [0.1, 0.15) is 6.23 Å². The fraction of sp³-hybridized carbons (Fsp3) is 1.00. The molecule has 3 atom stereocenters. The molecule has 3 unspecified atom stereocenters. The van der Waals surface area contributed by atoms with E-state index in [0.717, 1.165) is 13.1 Å². The molecule has 0 fully saturated rings. The quantitative estimate of drug-likeness (QED) is 0.596. The van der Waals surface area contributed by atoms with E-state index >= 15 is 0 Å². The molecular weight excluding hydrogens is 180 g/mol. The number of aliphatic hydroxyl groups excluding tert-OH is 2. The lowest BCUT2D eigenvalue weighted by atomic mass is 10.1. The predicted octanol–water partition coefficient (Wildman–Crippen LogP) is -0.0424. The highest BCUT2D eigenvalue weighted by atomic mass is 16.3. The molecule has 0 aliphatic heterocycles. The van der Waals surface area contributed by atoms with E-state index in [1.165, 1.54) is 0 Å². The molecule has 0 radical (unpaired) electrons. The summed E-state index contributed by atoms with van der Waals surface area (Å²) in [6.45, 7) is 7.28. The number of hydrogen-bond acceptors (Lipinski definition) is 4. The van der Waals surface area contributed by atoms with Crippen LogP contribution in [0.2, 0.25) is 0 Å². The molecule has 4 heteroatoms. The summed E-state index contributed by atoms with van der Waals surface area (Å²) in [6.07, 6.45) is -1.15. The standard InChI is InChI=1S/C10H24N2O2/c1-6-12(7-2)10(14)9(8(3)13)11(4)5/h8-10,13-14H,6-7H2,1-5H3. The maximum absolute atomic E-state index is 10.0. The summed E-state index contributed by atoms with van der Waals surface area (Å²) < 4.78 is 0. The largest absolute Gasteiger partial charge is 0.392 e. The van der Waals surface area contributed by atoms with Gasteiger partial charge in [-0.1, -0.05) is 13.8 Å². The van der Waals surface area contributed by atoms with Crippen LogP contribution in [0.5, 0.6) is 0 Å². The molecule has 0 heterocycles. The zero-order valence-electron chi connectivity index (χ0n) is 9.94. The maximum atomic E-state index is 10.0. The Balaban J connectivity index is 4.49. The second kappa shape index (κ2) is 6.35. The van der Waals surface area contributed by atoms with Gasteiger partial charge in [-0.3, -0.25) is 4.90 Å². The SMILES string of the molecule is CCN(CC)C(O)C(C(C)O)N(C)C. The highest BCUT2D eigenvalue weighted by Gasteiger charge is 2.29. The van der Waals surface area contributed by atoms with Crippen molar-refractivity contribution in [1.29, 1.82) is 0 Å². The van der Waals surface area contributed by atoms with Crippen LogP contribution in [-0.4, -0.2) is 65.6 Å². The molecule has 2 N–H and O–H groups in total. The third-order valence-corrected chi connectivity index (χ3v) is 2.58. The first-order chi connectivity index (χ1) is 6.45. The zero-order valence-corrected chi connectivity index (χ0v) is 9.94. The number of aliphatic hydroxyl groups is 2. The van der Waals surface area contributed by atoms with Crippen molar-refractivity contribution in [2.24, 2.45) is 0 Å². The number of rotatable bonds is 6. The highest BCUT2D eigenvalue weighted by molar-refractivity contribution is 4.80. The molecule has 0 aliphatic rings. The Hall–Kier alpha value is -0.160. The van der Waals surface area contributed by atoms with E-state index in [1.54, 1.807) is 6.92 Å². The summed E-state index contributed by atoms with van der Waals surface area (Å²) in [6, 6.07) is -0.241.